The molecular weight excluding hydrogens is 246 g/mol. The van der Waals surface area contributed by atoms with Gasteiger partial charge in [-0.1, -0.05) is 32.9 Å². The quantitative estimate of drug-likeness (QED) is 0.657. The Balaban J connectivity index is 2.46. The fourth-order valence-corrected chi connectivity index (χ4v) is 2.12. The van der Waals surface area contributed by atoms with Crippen molar-refractivity contribution < 1.29 is 4.79 Å². The van der Waals surface area contributed by atoms with Crippen molar-refractivity contribution in [1.82, 2.24) is 0 Å². The summed E-state index contributed by atoms with van der Waals surface area (Å²) in [6, 6.07) is 13.2. The van der Waals surface area contributed by atoms with Crippen molar-refractivity contribution >= 4 is 11.5 Å². The molecule has 0 fully saturated rings. The van der Waals surface area contributed by atoms with E-state index in [9.17, 15) is 4.79 Å². The second kappa shape index (κ2) is 5.12. The molecule has 0 heterocycles. The summed E-state index contributed by atoms with van der Waals surface area (Å²) < 4.78 is 0. The molecule has 0 atom stereocenters. The summed E-state index contributed by atoms with van der Waals surface area (Å²) in [6.07, 6.45) is 0. The molecule has 0 unspecified atom stereocenters. The molecule has 0 aliphatic heterocycles. The van der Waals surface area contributed by atoms with Gasteiger partial charge in [-0.25, -0.2) is 0 Å². The van der Waals surface area contributed by atoms with Crippen molar-refractivity contribution in [3.05, 3.63) is 64.7 Å². The Hall–Kier alpha value is -2.09. The Morgan fingerprint density at radius 2 is 1.60 bits per heavy atom. The average Bonchev–Trinajstić information content (AvgIpc) is 2.38. The van der Waals surface area contributed by atoms with Gasteiger partial charge in [0.25, 0.3) is 0 Å². The molecule has 0 spiro atoms. The van der Waals surface area contributed by atoms with Crippen LogP contribution in [0.1, 0.15) is 47.8 Å². The molecule has 0 saturated carbocycles. The lowest BCUT2D eigenvalue weighted by molar-refractivity contribution is 0.103. The first-order valence-corrected chi connectivity index (χ1v) is 6.80. The molecule has 2 rings (SSSR count). The first-order chi connectivity index (χ1) is 9.29. The van der Waals surface area contributed by atoms with Gasteiger partial charge in [-0.05, 0) is 53.8 Å². The van der Waals surface area contributed by atoms with Crippen LogP contribution in [0.2, 0.25) is 0 Å². The number of carbonyl (C=O) groups excluding carboxylic acids is 1. The molecule has 2 heteroatoms. The molecule has 2 aromatic carbocycles. The van der Waals surface area contributed by atoms with Crippen LogP contribution in [-0.2, 0) is 5.41 Å². The maximum Gasteiger partial charge on any atom is 0.193 e. The van der Waals surface area contributed by atoms with Crippen molar-refractivity contribution in [3.8, 4) is 0 Å². The number of nitrogen functional groups attached to an aromatic ring is 1. The number of hydrogen-bond acceptors (Lipinski definition) is 2. The predicted molar refractivity (Wildman–Crippen MR) is 84.2 cm³/mol. The average molecular weight is 267 g/mol. The minimum atomic E-state index is 0.0316. The maximum atomic E-state index is 12.6. The fraction of sp³-hybridized carbons (Fsp3) is 0.278. The number of carbonyl (C=O) groups is 1. The Bertz CT molecular complexity index is 633. The van der Waals surface area contributed by atoms with Crippen LogP contribution in [0.15, 0.2) is 42.5 Å². The summed E-state index contributed by atoms with van der Waals surface area (Å²) in [5.41, 5.74) is 9.97. The number of nitrogens with two attached hydrogens (primary N) is 1. The fourth-order valence-electron chi connectivity index (χ4n) is 2.12. The molecule has 0 radical (unpaired) electrons. The highest BCUT2D eigenvalue weighted by molar-refractivity contribution is 6.10. The maximum absolute atomic E-state index is 12.6. The van der Waals surface area contributed by atoms with E-state index >= 15 is 0 Å². The van der Waals surface area contributed by atoms with Crippen molar-refractivity contribution in [3.63, 3.8) is 0 Å². The predicted octanol–water partition coefficient (Wildman–Crippen LogP) is 4.11. The number of anilines is 1. The molecule has 104 valence electrons. The third-order valence-corrected chi connectivity index (χ3v) is 3.52. The van der Waals surface area contributed by atoms with Gasteiger partial charge >= 0.3 is 0 Å². The number of ketones is 1. The van der Waals surface area contributed by atoms with E-state index in [1.54, 1.807) is 24.3 Å². The van der Waals surface area contributed by atoms with E-state index in [4.69, 9.17) is 5.73 Å². The summed E-state index contributed by atoms with van der Waals surface area (Å²) in [5, 5.41) is 0. The molecular formula is C18H21NO. The summed E-state index contributed by atoms with van der Waals surface area (Å²) >= 11 is 0. The number of hydrogen-bond donors (Lipinski definition) is 1. The van der Waals surface area contributed by atoms with Gasteiger partial charge in [0.2, 0.25) is 0 Å². The van der Waals surface area contributed by atoms with Crippen LogP contribution in [0.3, 0.4) is 0 Å². The molecule has 0 amide bonds. The van der Waals surface area contributed by atoms with E-state index in [0.29, 0.717) is 11.3 Å². The van der Waals surface area contributed by atoms with Crippen molar-refractivity contribution in [2.24, 2.45) is 0 Å². The molecule has 0 aliphatic rings. The van der Waals surface area contributed by atoms with Crippen LogP contribution in [0, 0.1) is 6.92 Å². The summed E-state index contributed by atoms with van der Waals surface area (Å²) in [7, 11) is 0. The standard InChI is InChI=1S/C18H21NO/c1-12-5-8-14(18(2,3)4)11-16(12)17(20)13-6-9-15(19)10-7-13/h5-11H,19H2,1-4H3. The third kappa shape index (κ3) is 2.90. The van der Waals surface area contributed by atoms with E-state index in [1.807, 2.05) is 19.1 Å². The molecule has 2 aromatic rings. The monoisotopic (exact) mass is 267 g/mol. The van der Waals surface area contributed by atoms with E-state index in [1.165, 1.54) is 5.56 Å². The zero-order valence-corrected chi connectivity index (χ0v) is 12.5. The first-order valence-electron chi connectivity index (χ1n) is 6.80. The van der Waals surface area contributed by atoms with Gasteiger partial charge in [-0.15, -0.1) is 0 Å². The van der Waals surface area contributed by atoms with Crippen molar-refractivity contribution in [2.75, 3.05) is 5.73 Å². The van der Waals surface area contributed by atoms with Gasteiger partial charge < -0.3 is 5.73 Å². The highest BCUT2D eigenvalue weighted by Gasteiger charge is 2.18. The second-order valence-electron chi connectivity index (χ2n) is 6.23. The largest absolute Gasteiger partial charge is 0.399 e. The number of aryl methyl sites for hydroxylation is 1. The lowest BCUT2D eigenvalue weighted by Gasteiger charge is -2.20. The van der Waals surface area contributed by atoms with Crippen LogP contribution in [0.4, 0.5) is 5.69 Å². The van der Waals surface area contributed by atoms with Gasteiger partial charge in [-0.2, -0.15) is 0 Å². The Morgan fingerprint density at radius 3 is 2.15 bits per heavy atom. The molecule has 2 nitrogen and oxygen atoms in total. The summed E-state index contributed by atoms with van der Waals surface area (Å²) in [6.45, 7) is 8.41. The van der Waals surface area contributed by atoms with Crippen LogP contribution in [0.5, 0.6) is 0 Å². The van der Waals surface area contributed by atoms with Gasteiger partial charge in [0, 0.05) is 16.8 Å². The molecule has 0 aliphatic carbocycles. The molecule has 20 heavy (non-hydrogen) atoms. The smallest absolute Gasteiger partial charge is 0.193 e. The SMILES string of the molecule is Cc1ccc(C(C)(C)C)cc1C(=O)c1ccc(N)cc1. The van der Waals surface area contributed by atoms with E-state index < -0.39 is 0 Å². The molecule has 2 N–H and O–H groups in total. The summed E-state index contributed by atoms with van der Waals surface area (Å²) in [5.74, 6) is 0.0496. The van der Waals surface area contributed by atoms with E-state index in [2.05, 4.69) is 26.8 Å². The van der Waals surface area contributed by atoms with Gasteiger partial charge in [0.1, 0.15) is 0 Å². The zero-order valence-electron chi connectivity index (χ0n) is 12.5. The van der Waals surface area contributed by atoms with Gasteiger partial charge in [0.15, 0.2) is 5.78 Å². The van der Waals surface area contributed by atoms with Gasteiger partial charge in [0.05, 0.1) is 0 Å². The first kappa shape index (κ1) is 14.3. The van der Waals surface area contributed by atoms with Crippen LogP contribution < -0.4 is 5.73 Å². The van der Waals surface area contributed by atoms with Gasteiger partial charge in [-0.3, -0.25) is 4.79 Å². The lowest BCUT2D eigenvalue weighted by atomic mass is 9.84. The Labute approximate surface area is 120 Å². The third-order valence-electron chi connectivity index (χ3n) is 3.52. The summed E-state index contributed by atoms with van der Waals surface area (Å²) in [4.78, 5) is 12.6. The highest BCUT2D eigenvalue weighted by Crippen LogP contribution is 2.25. The number of rotatable bonds is 2. The minimum Gasteiger partial charge on any atom is -0.399 e. The van der Waals surface area contributed by atoms with E-state index in [0.717, 1.165) is 11.1 Å². The zero-order chi connectivity index (χ0) is 14.9. The van der Waals surface area contributed by atoms with Crippen molar-refractivity contribution in [1.29, 1.82) is 0 Å². The highest BCUT2D eigenvalue weighted by atomic mass is 16.1. The normalized spacial score (nSPS) is 11.4. The minimum absolute atomic E-state index is 0.0316. The number of benzene rings is 2. The topological polar surface area (TPSA) is 43.1 Å². The molecule has 0 saturated heterocycles. The van der Waals surface area contributed by atoms with Crippen LogP contribution in [-0.4, -0.2) is 5.78 Å². The van der Waals surface area contributed by atoms with Crippen molar-refractivity contribution in [2.45, 2.75) is 33.1 Å². The van der Waals surface area contributed by atoms with Crippen LogP contribution >= 0.6 is 0 Å². The van der Waals surface area contributed by atoms with Crippen LogP contribution in [0.25, 0.3) is 0 Å². The Morgan fingerprint density at radius 1 is 1.00 bits per heavy atom. The molecule has 0 aromatic heterocycles. The molecule has 0 bridgehead atoms. The lowest BCUT2D eigenvalue weighted by Crippen LogP contribution is -2.13. The second-order valence-corrected chi connectivity index (χ2v) is 6.23. The Kier molecular flexibility index (Phi) is 3.67. The van der Waals surface area contributed by atoms with E-state index in [-0.39, 0.29) is 11.2 Å².